The number of hydrogen-bond donors (Lipinski definition) is 2. The fourth-order valence-corrected chi connectivity index (χ4v) is 3.94. The molecule has 1 aliphatic rings. The fraction of sp³-hybridized carbons (Fsp3) is 0.273. The zero-order valence-electron chi connectivity index (χ0n) is 16.9. The number of hydrogen-bond acceptors (Lipinski definition) is 4. The van der Waals surface area contributed by atoms with Gasteiger partial charge in [0.05, 0.1) is 17.8 Å². The molecule has 0 bridgehead atoms. The molecule has 2 aromatic carbocycles. The number of fused-ring (bicyclic) bond motifs is 1. The second kappa shape index (κ2) is 7.88. The standard InChI is InChI=1S/C22H21F2N3O3S/c1-12(16-10-17(23)21(18(24)11-16)27-31(2,29)30)25-22(28)15-6-8-20-14(9-15)5-7-19(26-20)13-3-4-13/h5-13,27H,3-4H2,1-2H3,(H,25,28)/t12-/m0/s1. The molecule has 2 N–H and O–H groups in total. The fourth-order valence-electron chi connectivity index (χ4n) is 3.38. The molecule has 1 aromatic heterocycles. The smallest absolute Gasteiger partial charge is 0.251 e. The average molecular weight is 445 g/mol. The van der Waals surface area contributed by atoms with Gasteiger partial charge in [-0.1, -0.05) is 6.07 Å². The van der Waals surface area contributed by atoms with Crippen molar-refractivity contribution < 1.29 is 22.0 Å². The van der Waals surface area contributed by atoms with Gasteiger partial charge in [-0.25, -0.2) is 17.2 Å². The monoisotopic (exact) mass is 445 g/mol. The Kier molecular flexibility index (Phi) is 5.38. The van der Waals surface area contributed by atoms with E-state index in [1.165, 1.54) is 0 Å². The molecule has 6 nitrogen and oxygen atoms in total. The quantitative estimate of drug-likeness (QED) is 0.594. The summed E-state index contributed by atoms with van der Waals surface area (Å²) in [5.74, 6) is -2.00. The molecule has 1 aliphatic carbocycles. The van der Waals surface area contributed by atoms with Crippen LogP contribution in [0.1, 0.15) is 53.3 Å². The molecule has 1 fully saturated rings. The summed E-state index contributed by atoms with van der Waals surface area (Å²) in [7, 11) is -3.84. The normalized spacial score (nSPS) is 15.0. The average Bonchev–Trinajstić information content (AvgIpc) is 3.54. The number of anilines is 1. The summed E-state index contributed by atoms with van der Waals surface area (Å²) >= 11 is 0. The van der Waals surface area contributed by atoms with Crippen molar-refractivity contribution in [1.82, 2.24) is 10.3 Å². The lowest BCUT2D eigenvalue weighted by Crippen LogP contribution is -2.27. The number of aromatic nitrogens is 1. The molecule has 9 heteroatoms. The van der Waals surface area contributed by atoms with Gasteiger partial charge in [-0.2, -0.15) is 0 Å². The van der Waals surface area contributed by atoms with Gasteiger partial charge in [0, 0.05) is 22.6 Å². The van der Waals surface area contributed by atoms with Gasteiger partial charge in [0.15, 0.2) is 11.6 Å². The van der Waals surface area contributed by atoms with Crippen LogP contribution in [0.3, 0.4) is 0 Å². The number of halogens is 2. The third-order valence-corrected chi connectivity index (χ3v) is 5.74. The SMILES string of the molecule is C[C@H](NC(=O)c1ccc2nc(C3CC3)ccc2c1)c1cc(F)c(NS(C)(=O)=O)c(F)c1. The molecule has 31 heavy (non-hydrogen) atoms. The van der Waals surface area contributed by atoms with E-state index in [2.05, 4.69) is 10.3 Å². The minimum Gasteiger partial charge on any atom is -0.346 e. The van der Waals surface area contributed by atoms with Crippen LogP contribution in [0.25, 0.3) is 10.9 Å². The molecule has 0 aliphatic heterocycles. The van der Waals surface area contributed by atoms with Gasteiger partial charge in [-0.15, -0.1) is 0 Å². The first-order valence-corrected chi connectivity index (χ1v) is 11.7. The number of rotatable bonds is 6. The van der Waals surface area contributed by atoms with E-state index in [0.29, 0.717) is 11.5 Å². The van der Waals surface area contributed by atoms with Crippen molar-refractivity contribution in [2.45, 2.75) is 31.7 Å². The summed E-state index contributed by atoms with van der Waals surface area (Å²) in [5.41, 5.74) is 1.69. The van der Waals surface area contributed by atoms with E-state index in [9.17, 15) is 22.0 Å². The van der Waals surface area contributed by atoms with Crippen LogP contribution < -0.4 is 10.0 Å². The van der Waals surface area contributed by atoms with Gasteiger partial charge in [0.2, 0.25) is 10.0 Å². The van der Waals surface area contributed by atoms with Gasteiger partial charge in [-0.05, 0) is 61.7 Å². The second-order valence-corrected chi connectivity index (χ2v) is 9.60. The van der Waals surface area contributed by atoms with Crippen molar-refractivity contribution in [3.63, 3.8) is 0 Å². The molecule has 0 radical (unpaired) electrons. The van der Waals surface area contributed by atoms with E-state index in [1.54, 1.807) is 25.1 Å². The molecule has 1 amide bonds. The van der Waals surface area contributed by atoms with E-state index in [4.69, 9.17) is 0 Å². The Bertz CT molecular complexity index is 1270. The Labute approximate surface area is 178 Å². The largest absolute Gasteiger partial charge is 0.346 e. The van der Waals surface area contributed by atoms with Crippen LogP contribution in [-0.4, -0.2) is 25.6 Å². The predicted octanol–water partition coefficient (Wildman–Crippen LogP) is 4.25. The summed E-state index contributed by atoms with van der Waals surface area (Å²) in [6.45, 7) is 1.58. The van der Waals surface area contributed by atoms with Crippen molar-refractivity contribution in [2.75, 3.05) is 11.0 Å². The first-order valence-electron chi connectivity index (χ1n) is 9.79. The number of nitrogens with one attached hydrogen (secondary N) is 2. The van der Waals surface area contributed by atoms with Crippen LogP contribution in [0, 0.1) is 11.6 Å². The first kappa shape index (κ1) is 21.2. The second-order valence-electron chi connectivity index (χ2n) is 7.85. The number of carbonyl (C=O) groups is 1. The highest BCUT2D eigenvalue weighted by molar-refractivity contribution is 7.92. The third kappa shape index (κ3) is 4.82. The third-order valence-electron chi connectivity index (χ3n) is 5.17. The molecule has 1 heterocycles. The summed E-state index contributed by atoms with van der Waals surface area (Å²) in [6.07, 6.45) is 3.11. The van der Waals surface area contributed by atoms with Gasteiger partial charge >= 0.3 is 0 Å². The molecule has 3 aromatic rings. The van der Waals surface area contributed by atoms with Crippen molar-refractivity contribution in [2.24, 2.45) is 0 Å². The first-order chi connectivity index (χ1) is 14.6. The van der Waals surface area contributed by atoms with Crippen LogP contribution in [0.15, 0.2) is 42.5 Å². The maximum absolute atomic E-state index is 14.2. The van der Waals surface area contributed by atoms with Crippen LogP contribution in [0.5, 0.6) is 0 Å². The van der Waals surface area contributed by atoms with Crippen molar-refractivity contribution >= 4 is 32.5 Å². The number of nitrogens with zero attached hydrogens (tertiary/aromatic N) is 1. The van der Waals surface area contributed by atoms with E-state index >= 15 is 0 Å². The van der Waals surface area contributed by atoms with E-state index in [0.717, 1.165) is 47.8 Å². The Morgan fingerprint density at radius 3 is 2.39 bits per heavy atom. The Morgan fingerprint density at radius 1 is 1.10 bits per heavy atom. The lowest BCUT2D eigenvalue weighted by Gasteiger charge is -2.16. The topological polar surface area (TPSA) is 88.2 Å². The zero-order chi connectivity index (χ0) is 22.3. The lowest BCUT2D eigenvalue weighted by molar-refractivity contribution is 0.0940. The Hall–Kier alpha value is -3.07. The lowest BCUT2D eigenvalue weighted by atomic mass is 10.1. The van der Waals surface area contributed by atoms with Crippen LogP contribution in [-0.2, 0) is 10.0 Å². The highest BCUT2D eigenvalue weighted by Crippen LogP contribution is 2.39. The van der Waals surface area contributed by atoms with Crippen LogP contribution >= 0.6 is 0 Å². The number of benzene rings is 2. The van der Waals surface area contributed by atoms with Gasteiger partial charge < -0.3 is 5.32 Å². The van der Waals surface area contributed by atoms with E-state index < -0.39 is 39.3 Å². The predicted molar refractivity (Wildman–Crippen MR) is 114 cm³/mol. The molecular formula is C22H21F2N3O3S. The van der Waals surface area contributed by atoms with Crippen molar-refractivity contribution in [3.8, 4) is 0 Å². The molecule has 0 saturated heterocycles. The molecule has 0 spiro atoms. The molecule has 0 unspecified atom stereocenters. The van der Waals surface area contributed by atoms with E-state index in [1.807, 2.05) is 16.9 Å². The Balaban J connectivity index is 1.52. The number of carbonyl (C=O) groups excluding carboxylic acids is 1. The Morgan fingerprint density at radius 2 is 1.77 bits per heavy atom. The molecular weight excluding hydrogens is 424 g/mol. The number of amides is 1. The maximum atomic E-state index is 14.2. The maximum Gasteiger partial charge on any atom is 0.251 e. The zero-order valence-corrected chi connectivity index (χ0v) is 17.8. The molecule has 1 atom stereocenters. The summed E-state index contributed by atoms with van der Waals surface area (Å²) in [5, 5.41) is 3.54. The van der Waals surface area contributed by atoms with E-state index in [-0.39, 0.29) is 5.56 Å². The minimum atomic E-state index is -3.84. The van der Waals surface area contributed by atoms with Crippen molar-refractivity contribution in [3.05, 3.63) is 70.9 Å². The molecule has 162 valence electrons. The highest BCUT2D eigenvalue weighted by atomic mass is 32.2. The van der Waals surface area contributed by atoms with Gasteiger partial charge in [0.1, 0.15) is 5.69 Å². The van der Waals surface area contributed by atoms with Crippen molar-refractivity contribution in [1.29, 1.82) is 0 Å². The van der Waals surface area contributed by atoms with Crippen LogP contribution in [0.2, 0.25) is 0 Å². The number of sulfonamides is 1. The molecule has 4 rings (SSSR count). The minimum absolute atomic E-state index is 0.166. The van der Waals surface area contributed by atoms with Crippen LogP contribution in [0.4, 0.5) is 14.5 Å². The van der Waals surface area contributed by atoms with Gasteiger partial charge in [0.25, 0.3) is 5.91 Å². The van der Waals surface area contributed by atoms with Gasteiger partial charge in [-0.3, -0.25) is 14.5 Å². The summed E-state index contributed by atoms with van der Waals surface area (Å²) < 4.78 is 52.8. The highest BCUT2D eigenvalue weighted by Gasteiger charge is 2.25. The summed E-state index contributed by atoms with van der Waals surface area (Å²) in [6, 6.07) is 10.4. The molecule has 1 saturated carbocycles. The summed E-state index contributed by atoms with van der Waals surface area (Å²) in [4.78, 5) is 17.3. The number of pyridine rings is 1.